The number of carboxylic acid groups (broad SMARTS) is 1. The van der Waals surface area contributed by atoms with Gasteiger partial charge in [-0.3, -0.25) is 18.6 Å². The quantitative estimate of drug-likeness (QED) is 0.0423. The van der Waals surface area contributed by atoms with Crippen molar-refractivity contribution in [1.29, 1.82) is 0 Å². The fraction of sp³-hybridized carbons (Fsp3) is 0.677. The SMILES string of the molecule is CCCCCCCCC=CCCCCCCCC(=O)OC[C@@H](COCc1ccccc1)OP(=O)(O)OC[C@H](N)C(=O)O. The van der Waals surface area contributed by atoms with Gasteiger partial charge in [-0.1, -0.05) is 101 Å². The number of ether oxygens (including phenoxy) is 2. The van der Waals surface area contributed by atoms with Gasteiger partial charge in [0.05, 0.1) is 19.8 Å². The van der Waals surface area contributed by atoms with E-state index in [1.165, 1.54) is 44.9 Å². The minimum Gasteiger partial charge on any atom is -0.480 e. The van der Waals surface area contributed by atoms with E-state index in [2.05, 4.69) is 19.1 Å². The molecule has 42 heavy (non-hydrogen) atoms. The molecule has 0 radical (unpaired) electrons. The molecule has 1 aromatic rings. The number of carbonyl (C=O) groups excluding carboxylic acids is 1. The summed E-state index contributed by atoms with van der Waals surface area (Å²) < 4.78 is 33.0. The molecule has 0 heterocycles. The summed E-state index contributed by atoms with van der Waals surface area (Å²) in [5, 5.41) is 8.84. The first-order valence-corrected chi connectivity index (χ1v) is 16.8. The molecular formula is C31H52NO9P. The number of benzene rings is 1. The van der Waals surface area contributed by atoms with Gasteiger partial charge in [0.25, 0.3) is 0 Å². The lowest BCUT2D eigenvalue weighted by Gasteiger charge is -2.21. The highest BCUT2D eigenvalue weighted by Gasteiger charge is 2.29. The third-order valence-corrected chi connectivity index (χ3v) is 7.54. The number of hydrogen-bond acceptors (Lipinski definition) is 8. The Hall–Kier alpha value is -2.07. The summed E-state index contributed by atoms with van der Waals surface area (Å²) in [6.45, 7) is 1.24. The van der Waals surface area contributed by atoms with Crippen molar-refractivity contribution in [3.63, 3.8) is 0 Å². The highest BCUT2D eigenvalue weighted by molar-refractivity contribution is 7.47. The number of phosphoric ester groups is 1. The van der Waals surface area contributed by atoms with Gasteiger partial charge in [0.15, 0.2) is 0 Å². The second kappa shape index (κ2) is 24.4. The van der Waals surface area contributed by atoms with Crippen molar-refractivity contribution in [2.24, 2.45) is 5.73 Å². The third kappa shape index (κ3) is 21.6. The number of nitrogens with two attached hydrogens (primary N) is 1. The highest BCUT2D eigenvalue weighted by atomic mass is 31.2. The zero-order valence-electron chi connectivity index (χ0n) is 25.2. The smallest absolute Gasteiger partial charge is 0.472 e. The molecule has 0 aliphatic rings. The number of esters is 1. The lowest BCUT2D eigenvalue weighted by atomic mass is 10.1. The van der Waals surface area contributed by atoms with Crippen LogP contribution in [0.2, 0.25) is 0 Å². The molecule has 0 spiro atoms. The standard InChI is InChI=1S/C31H52NO9P/c1-2-3-4-5-6-7-8-9-10-11-12-13-14-15-19-22-30(33)39-25-28(24-38-23-27-20-17-16-18-21-27)41-42(36,37)40-26-29(32)31(34)35/h9-10,16-18,20-21,28-29H,2-8,11-15,19,22-26,32H2,1H3,(H,34,35)(H,36,37)/t28-,29+/m1/s1. The molecule has 10 nitrogen and oxygen atoms in total. The second-order valence-electron chi connectivity index (χ2n) is 10.5. The Balaban J connectivity index is 2.28. The van der Waals surface area contributed by atoms with Crippen molar-refractivity contribution in [3.05, 3.63) is 48.0 Å². The summed E-state index contributed by atoms with van der Waals surface area (Å²) in [5.74, 6) is -1.83. The minimum atomic E-state index is -4.69. The van der Waals surface area contributed by atoms with Crippen molar-refractivity contribution >= 4 is 19.8 Å². The number of allylic oxidation sites excluding steroid dienone is 2. The zero-order valence-corrected chi connectivity index (χ0v) is 26.1. The Morgan fingerprint density at radius 1 is 0.881 bits per heavy atom. The van der Waals surface area contributed by atoms with Crippen molar-refractivity contribution in [2.75, 3.05) is 19.8 Å². The average molecular weight is 614 g/mol. The van der Waals surface area contributed by atoms with Crippen LogP contribution in [-0.2, 0) is 39.3 Å². The van der Waals surface area contributed by atoms with Gasteiger partial charge in [0, 0.05) is 6.42 Å². The molecule has 0 amide bonds. The first-order valence-electron chi connectivity index (χ1n) is 15.3. The maximum Gasteiger partial charge on any atom is 0.472 e. The zero-order chi connectivity index (χ0) is 30.9. The van der Waals surface area contributed by atoms with Crippen LogP contribution in [-0.4, -0.2) is 53.9 Å². The van der Waals surface area contributed by atoms with Crippen LogP contribution in [0.1, 0.15) is 102 Å². The van der Waals surface area contributed by atoms with E-state index in [4.69, 9.17) is 29.4 Å². The van der Waals surface area contributed by atoms with Crippen molar-refractivity contribution < 1.29 is 42.7 Å². The highest BCUT2D eigenvalue weighted by Crippen LogP contribution is 2.44. The van der Waals surface area contributed by atoms with Gasteiger partial charge in [0.1, 0.15) is 18.8 Å². The summed E-state index contributed by atoms with van der Waals surface area (Å²) in [4.78, 5) is 33.1. The molecule has 1 aromatic carbocycles. The third-order valence-electron chi connectivity index (χ3n) is 6.50. The van der Waals surface area contributed by atoms with E-state index in [1.807, 2.05) is 30.3 Å². The molecule has 0 aliphatic heterocycles. The van der Waals surface area contributed by atoms with Crippen LogP contribution in [0.4, 0.5) is 0 Å². The monoisotopic (exact) mass is 613 g/mol. The first-order chi connectivity index (χ1) is 20.2. The summed E-state index contributed by atoms with van der Waals surface area (Å²) >= 11 is 0. The Labute approximate surface area is 251 Å². The van der Waals surface area contributed by atoms with Crippen LogP contribution in [0.15, 0.2) is 42.5 Å². The Bertz CT molecular complexity index is 913. The number of hydrogen-bond donors (Lipinski definition) is 3. The fourth-order valence-corrected chi connectivity index (χ4v) is 4.96. The van der Waals surface area contributed by atoms with Crippen LogP contribution >= 0.6 is 7.82 Å². The van der Waals surface area contributed by atoms with E-state index < -0.39 is 38.5 Å². The van der Waals surface area contributed by atoms with Gasteiger partial charge in [-0.25, -0.2) is 4.57 Å². The van der Waals surface area contributed by atoms with Gasteiger partial charge in [-0.2, -0.15) is 0 Å². The number of carbonyl (C=O) groups is 2. The van der Waals surface area contributed by atoms with E-state index in [1.54, 1.807) is 0 Å². The molecule has 0 fully saturated rings. The van der Waals surface area contributed by atoms with Gasteiger partial charge in [0.2, 0.25) is 0 Å². The van der Waals surface area contributed by atoms with Crippen molar-refractivity contribution in [3.8, 4) is 0 Å². The summed E-state index contributed by atoms with van der Waals surface area (Å²) in [6.07, 6.45) is 18.8. The number of rotatable bonds is 27. The predicted molar refractivity (Wildman–Crippen MR) is 163 cm³/mol. The largest absolute Gasteiger partial charge is 0.480 e. The topological polar surface area (TPSA) is 155 Å². The molecule has 1 unspecified atom stereocenters. The molecule has 4 N–H and O–H groups in total. The molecule has 11 heteroatoms. The van der Waals surface area contributed by atoms with Gasteiger partial charge in [-0.05, 0) is 37.7 Å². The molecule has 0 saturated heterocycles. The van der Waals surface area contributed by atoms with Gasteiger partial charge >= 0.3 is 19.8 Å². The summed E-state index contributed by atoms with van der Waals surface area (Å²) in [6, 6.07) is 7.79. The van der Waals surface area contributed by atoms with Crippen LogP contribution in [0, 0.1) is 0 Å². The summed E-state index contributed by atoms with van der Waals surface area (Å²) in [5.41, 5.74) is 6.20. The van der Waals surface area contributed by atoms with Crippen molar-refractivity contribution in [1.82, 2.24) is 0 Å². The van der Waals surface area contributed by atoms with E-state index in [-0.39, 0.29) is 26.2 Å². The number of phosphoric acid groups is 1. The number of aliphatic carboxylic acids is 1. The second-order valence-corrected chi connectivity index (χ2v) is 11.9. The number of unbranched alkanes of at least 4 members (excludes halogenated alkanes) is 11. The molecule has 3 atom stereocenters. The van der Waals surface area contributed by atoms with Gasteiger partial charge in [-0.15, -0.1) is 0 Å². The maximum atomic E-state index is 12.3. The van der Waals surface area contributed by atoms with E-state index in [9.17, 15) is 19.0 Å². The fourth-order valence-electron chi connectivity index (χ4n) is 4.05. The van der Waals surface area contributed by atoms with Crippen LogP contribution in [0.3, 0.4) is 0 Å². The average Bonchev–Trinajstić information content (AvgIpc) is 2.97. The van der Waals surface area contributed by atoms with E-state index in [0.717, 1.165) is 37.7 Å². The molecule has 0 bridgehead atoms. The molecule has 0 saturated carbocycles. The molecular weight excluding hydrogens is 561 g/mol. The lowest BCUT2D eigenvalue weighted by Crippen LogP contribution is -2.35. The number of carboxylic acids is 1. The first kappa shape index (κ1) is 38.0. The van der Waals surface area contributed by atoms with E-state index in [0.29, 0.717) is 6.42 Å². The molecule has 240 valence electrons. The Morgan fingerprint density at radius 3 is 2.10 bits per heavy atom. The van der Waals surface area contributed by atoms with Crippen LogP contribution < -0.4 is 5.73 Å². The molecule has 1 rings (SSSR count). The summed E-state index contributed by atoms with van der Waals surface area (Å²) in [7, 11) is -4.69. The maximum absolute atomic E-state index is 12.3. The lowest BCUT2D eigenvalue weighted by molar-refractivity contribution is -0.148. The van der Waals surface area contributed by atoms with E-state index >= 15 is 0 Å². The predicted octanol–water partition coefficient (Wildman–Crippen LogP) is 6.70. The Kier molecular flexibility index (Phi) is 22.0. The Morgan fingerprint density at radius 2 is 1.48 bits per heavy atom. The van der Waals surface area contributed by atoms with Gasteiger partial charge < -0.3 is 25.2 Å². The van der Waals surface area contributed by atoms with Crippen molar-refractivity contribution in [2.45, 2.75) is 116 Å². The van der Waals surface area contributed by atoms with Crippen LogP contribution in [0.25, 0.3) is 0 Å². The minimum absolute atomic E-state index is 0.158. The molecule has 0 aliphatic carbocycles. The molecule has 0 aromatic heterocycles. The normalized spacial score (nSPS) is 14.5. The van der Waals surface area contributed by atoms with Crippen LogP contribution in [0.5, 0.6) is 0 Å².